The molecule has 2 atom stereocenters. The molecule has 112 valence electrons. The highest BCUT2D eigenvalue weighted by molar-refractivity contribution is 9.10. The number of halogens is 2. The minimum absolute atomic E-state index is 0. The van der Waals surface area contributed by atoms with E-state index in [9.17, 15) is 0 Å². The summed E-state index contributed by atoms with van der Waals surface area (Å²) < 4.78 is 1.11. The second-order valence-corrected chi connectivity index (χ2v) is 6.83. The highest BCUT2D eigenvalue weighted by atomic mass is 79.9. The van der Waals surface area contributed by atoms with Crippen molar-refractivity contribution in [3.05, 3.63) is 82.3 Å². The predicted octanol–water partition coefficient (Wildman–Crippen LogP) is 5.37. The number of rotatable bonds is 2. The maximum atomic E-state index is 6.66. The Morgan fingerprint density at radius 1 is 0.909 bits per heavy atom. The third-order valence-corrected chi connectivity index (χ3v) is 5.09. The fourth-order valence-electron chi connectivity index (χ4n) is 3.19. The van der Waals surface area contributed by atoms with Crippen molar-refractivity contribution >= 4 is 39.1 Å². The van der Waals surface area contributed by atoms with Gasteiger partial charge in [-0.15, -0.1) is 12.4 Å². The van der Waals surface area contributed by atoms with Crippen LogP contribution in [0.25, 0.3) is 10.8 Å². The summed E-state index contributed by atoms with van der Waals surface area (Å²) in [6.07, 6.45) is 1.02. The quantitative estimate of drug-likeness (QED) is 0.641. The van der Waals surface area contributed by atoms with Gasteiger partial charge in [-0.1, -0.05) is 64.5 Å². The van der Waals surface area contributed by atoms with E-state index in [1.165, 1.54) is 21.9 Å². The van der Waals surface area contributed by atoms with Crippen LogP contribution in [0.5, 0.6) is 0 Å². The Kier molecular flexibility index (Phi) is 4.02. The molecule has 0 heterocycles. The Balaban J connectivity index is 0.00000144. The van der Waals surface area contributed by atoms with Crippen molar-refractivity contribution in [2.75, 3.05) is 0 Å². The molecule has 4 rings (SSSR count). The molecule has 1 aliphatic carbocycles. The minimum atomic E-state index is -0.210. The van der Waals surface area contributed by atoms with Crippen LogP contribution in [0.15, 0.2) is 71.2 Å². The van der Waals surface area contributed by atoms with E-state index in [-0.39, 0.29) is 17.9 Å². The number of fused-ring (bicyclic) bond motifs is 1. The van der Waals surface area contributed by atoms with Crippen molar-refractivity contribution < 1.29 is 0 Å². The van der Waals surface area contributed by atoms with Crippen LogP contribution >= 0.6 is 28.3 Å². The largest absolute Gasteiger partial charge is 0.321 e. The van der Waals surface area contributed by atoms with Gasteiger partial charge in [-0.25, -0.2) is 0 Å². The molecular formula is C19H17BrClN. The molecule has 0 spiro atoms. The molecule has 1 nitrogen and oxygen atoms in total. The minimum Gasteiger partial charge on any atom is -0.321 e. The zero-order valence-corrected chi connectivity index (χ0v) is 14.4. The average molecular weight is 375 g/mol. The first-order valence-corrected chi connectivity index (χ1v) is 8.00. The molecule has 1 saturated carbocycles. The molecule has 2 N–H and O–H groups in total. The van der Waals surface area contributed by atoms with Crippen LogP contribution in [0.1, 0.15) is 23.5 Å². The molecule has 3 aromatic rings. The zero-order chi connectivity index (χ0) is 14.4. The van der Waals surface area contributed by atoms with Crippen LogP contribution in [0.3, 0.4) is 0 Å². The number of hydrogen-bond donors (Lipinski definition) is 1. The van der Waals surface area contributed by atoms with Gasteiger partial charge in [-0.05, 0) is 46.5 Å². The number of nitrogens with two attached hydrogens (primary N) is 1. The fraction of sp³-hybridized carbons (Fsp3) is 0.158. The van der Waals surface area contributed by atoms with E-state index in [1.807, 2.05) is 0 Å². The van der Waals surface area contributed by atoms with E-state index in [2.05, 4.69) is 82.7 Å². The predicted molar refractivity (Wildman–Crippen MR) is 98.6 cm³/mol. The van der Waals surface area contributed by atoms with Crippen molar-refractivity contribution in [1.29, 1.82) is 0 Å². The monoisotopic (exact) mass is 373 g/mol. The third kappa shape index (κ3) is 2.56. The second-order valence-electron chi connectivity index (χ2n) is 5.91. The summed E-state index contributed by atoms with van der Waals surface area (Å²) in [5, 5.41) is 2.53. The Bertz CT molecular complexity index is 815. The molecular weight excluding hydrogens is 358 g/mol. The lowest BCUT2D eigenvalue weighted by atomic mass is 9.97. The fourth-order valence-corrected chi connectivity index (χ4v) is 3.45. The molecule has 1 aliphatic rings. The summed E-state index contributed by atoms with van der Waals surface area (Å²) in [6, 6.07) is 23.6. The summed E-state index contributed by atoms with van der Waals surface area (Å²) in [5.74, 6) is 0.423. The van der Waals surface area contributed by atoms with Gasteiger partial charge in [0.2, 0.25) is 0 Å². The summed E-state index contributed by atoms with van der Waals surface area (Å²) in [4.78, 5) is 0. The van der Waals surface area contributed by atoms with E-state index in [4.69, 9.17) is 5.73 Å². The van der Waals surface area contributed by atoms with Gasteiger partial charge in [0, 0.05) is 15.9 Å². The molecule has 1 fully saturated rings. The van der Waals surface area contributed by atoms with Crippen molar-refractivity contribution in [2.24, 2.45) is 5.73 Å². The Hall–Kier alpha value is -1.35. The van der Waals surface area contributed by atoms with Crippen LogP contribution in [-0.4, -0.2) is 0 Å². The van der Waals surface area contributed by atoms with Gasteiger partial charge in [0.25, 0.3) is 0 Å². The van der Waals surface area contributed by atoms with E-state index < -0.39 is 0 Å². The first-order valence-electron chi connectivity index (χ1n) is 7.20. The molecule has 0 aliphatic heterocycles. The third-order valence-electron chi connectivity index (χ3n) is 4.56. The maximum Gasteiger partial charge on any atom is 0.0486 e. The molecule has 0 radical (unpaired) electrons. The summed E-state index contributed by atoms with van der Waals surface area (Å²) in [6.45, 7) is 0. The SMILES string of the molecule is Cl.N[C@@]1(c2ccc3ccccc3c2)C[C@@H]1c1ccc(Br)cc1. The molecule has 22 heavy (non-hydrogen) atoms. The molecule has 0 aromatic heterocycles. The van der Waals surface area contributed by atoms with Gasteiger partial charge < -0.3 is 5.73 Å². The van der Waals surface area contributed by atoms with E-state index >= 15 is 0 Å². The van der Waals surface area contributed by atoms with E-state index in [0.717, 1.165) is 10.9 Å². The first-order chi connectivity index (χ1) is 10.2. The van der Waals surface area contributed by atoms with Gasteiger partial charge in [-0.3, -0.25) is 0 Å². The molecule has 3 aromatic carbocycles. The van der Waals surface area contributed by atoms with Crippen molar-refractivity contribution in [2.45, 2.75) is 17.9 Å². The van der Waals surface area contributed by atoms with Gasteiger partial charge in [-0.2, -0.15) is 0 Å². The second kappa shape index (κ2) is 5.69. The van der Waals surface area contributed by atoms with Gasteiger partial charge in [0.05, 0.1) is 0 Å². The van der Waals surface area contributed by atoms with Crippen LogP contribution < -0.4 is 5.73 Å². The normalized spacial score (nSPS) is 23.1. The highest BCUT2D eigenvalue weighted by Gasteiger charge is 2.52. The lowest BCUT2D eigenvalue weighted by Crippen LogP contribution is -2.21. The standard InChI is InChI=1S/C19H16BrN.ClH/c20-17-9-6-14(7-10-17)18-12-19(18,21)16-8-5-13-3-1-2-4-15(13)11-16;/h1-11,18H,12,21H2;1H/t18-,19-;/m1./s1. The van der Waals surface area contributed by atoms with Crippen molar-refractivity contribution in [3.63, 3.8) is 0 Å². The Morgan fingerprint density at radius 3 is 2.32 bits per heavy atom. The van der Waals surface area contributed by atoms with Crippen LogP contribution in [0.2, 0.25) is 0 Å². The van der Waals surface area contributed by atoms with E-state index in [1.54, 1.807) is 0 Å². The Morgan fingerprint density at radius 2 is 1.59 bits per heavy atom. The molecule has 0 bridgehead atoms. The number of hydrogen-bond acceptors (Lipinski definition) is 1. The Labute approximate surface area is 145 Å². The molecule has 0 amide bonds. The molecule has 0 saturated heterocycles. The topological polar surface area (TPSA) is 26.0 Å². The molecule has 0 unspecified atom stereocenters. The average Bonchev–Trinajstić information content (AvgIpc) is 3.21. The van der Waals surface area contributed by atoms with Gasteiger partial charge in [0.15, 0.2) is 0 Å². The highest BCUT2D eigenvalue weighted by Crippen LogP contribution is 2.56. The summed E-state index contributed by atoms with van der Waals surface area (Å²) >= 11 is 3.48. The van der Waals surface area contributed by atoms with Crippen LogP contribution in [0, 0.1) is 0 Å². The molecule has 3 heteroatoms. The van der Waals surface area contributed by atoms with Crippen molar-refractivity contribution in [3.8, 4) is 0 Å². The lowest BCUT2D eigenvalue weighted by molar-refractivity contribution is 0.707. The maximum absolute atomic E-state index is 6.66. The summed E-state index contributed by atoms with van der Waals surface area (Å²) in [5.41, 5.74) is 9.02. The van der Waals surface area contributed by atoms with Crippen LogP contribution in [-0.2, 0) is 5.54 Å². The zero-order valence-electron chi connectivity index (χ0n) is 12.0. The smallest absolute Gasteiger partial charge is 0.0486 e. The van der Waals surface area contributed by atoms with Gasteiger partial charge in [0.1, 0.15) is 0 Å². The van der Waals surface area contributed by atoms with E-state index in [0.29, 0.717) is 5.92 Å². The number of benzene rings is 3. The summed E-state index contributed by atoms with van der Waals surface area (Å²) in [7, 11) is 0. The van der Waals surface area contributed by atoms with Crippen molar-refractivity contribution in [1.82, 2.24) is 0 Å². The van der Waals surface area contributed by atoms with Crippen LogP contribution in [0.4, 0.5) is 0 Å². The lowest BCUT2D eigenvalue weighted by Gasteiger charge is -2.13. The first kappa shape index (κ1) is 15.5. The van der Waals surface area contributed by atoms with Gasteiger partial charge >= 0.3 is 0 Å².